The number of hydrogen-bond acceptors (Lipinski definition) is 6. The van der Waals surface area contributed by atoms with Crippen LogP contribution in [0.4, 0.5) is 11.8 Å². The van der Waals surface area contributed by atoms with E-state index in [2.05, 4.69) is 44.7 Å². The minimum atomic E-state index is -0.0975. The van der Waals surface area contributed by atoms with Crippen molar-refractivity contribution in [3.63, 3.8) is 0 Å². The lowest BCUT2D eigenvalue weighted by Gasteiger charge is -2.26. The summed E-state index contributed by atoms with van der Waals surface area (Å²) in [5, 5.41) is 4.95. The van der Waals surface area contributed by atoms with Gasteiger partial charge in [-0.3, -0.25) is 9.69 Å². The molecule has 2 aromatic carbocycles. The van der Waals surface area contributed by atoms with Crippen LogP contribution in [0.2, 0.25) is 0 Å². The molecule has 5 rings (SSSR count). The molecule has 0 spiro atoms. The van der Waals surface area contributed by atoms with Gasteiger partial charge in [0.15, 0.2) is 0 Å². The first-order chi connectivity index (χ1) is 16.0. The van der Waals surface area contributed by atoms with Crippen molar-refractivity contribution >= 4 is 39.5 Å². The molecule has 170 valence electrons. The number of likely N-dealkylation sites (N-methyl/N-ethyl adjacent to an activating group) is 1. The predicted octanol–water partition coefficient (Wildman–Crippen LogP) is 3.08. The third kappa shape index (κ3) is 3.76. The number of nitrogens with one attached hydrogen (secondary N) is 1. The van der Waals surface area contributed by atoms with Crippen LogP contribution >= 0.6 is 0 Å². The molecular weight excluding hydrogens is 414 g/mol. The van der Waals surface area contributed by atoms with Crippen LogP contribution in [0.15, 0.2) is 36.4 Å². The summed E-state index contributed by atoms with van der Waals surface area (Å²) in [6.07, 6.45) is 1.05. The van der Waals surface area contributed by atoms with Gasteiger partial charge in [-0.2, -0.15) is 4.98 Å². The highest BCUT2D eigenvalue weighted by molar-refractivity contribution is 5.99. The quantitative estimate of drug-likeness (QED) is 0.437. The second-order valence-corrected chi connectivity index (χ2v) is 8.52. The van der Waals surface area contributed by atoms with Gasteiger partial charge in [0.1, 0.15) is 5.82 Å². The Morgan fingerprint density at radius 1 is 1.06 bits per heavy atom. The van der Waals surface area contributed by atoms with Gasteiger partial charge in [0.25, 0.3) is 5.91 Å². The molecule has 1 amide bonds. The van der Waals surface area contributed by atoms with E-state index in [-0.39, 0.29) is 11.9 Å². The number of nitrogens with two attached hydrogens (primary N) is 2. The Bertz CT molecular complexity index is 1370. The summed E-state index contributed by atoms with van der Waals surface area (Å²) in [6.45, 7) is 8.75. The molecule has 0 radical (unpaired) electrons. The van der Waals surface area contributed by atoms with E-state index < -0.39 is 0 Å². The zero-order chi connectivity index (χ0) is 23.1. The van der Waals surface area contributed by atoms with Gasteiger partial charge >= 0.3 is 0 Å². The van der Waals surface area contributed by atoms with Crippen molar-refractivity contribution in [2.75, 3.05) is 24.6 Å². The van der Waals surface area contributed by atoms with Crippen molar-refractivity contribution in [1.29, 1.82) is 0 Å². The standard InChI is InChI=1S/C25H29N7O/c1-3-31-10-9-22-19(14-31)17-12-16(6-8-21(17)32(22)4-2)24(33)28-13-15-5-7-20-18(11-15)23(26)30-25(27)29-20/h5-8,11-12H,3-4,9-10,13-14H2,1-2H3,(H,28,33)(H4,26,27,29,30). The molecule has 0 saturated carbocycles. The molecule has 8 heteroatoms. The minimum absolute atomic E-state index is 0.0975. The fourth-order valence-electron chi connectivity index (χ4n) is 4.89. The van der Waals surface area contributed by atoms with E-state index in [4.69, 9.17) is 11.5 Å². The SMILES string of the molecule is CCN1CCc2c(c3cc(C(=O)NCc4ccc5nc(N)nc(N)c5c4)ccc3n2CC)C1. The summed E-state index contributed by atoms with van der Waals surface area (Å²) in [5.41, 5.74) is 17.9. The molecule has 0 atom stereocenters. The summed E-state index contributed by atoms with van der Waals surface area (Å²) >= 11 is 0. The summed E-state index contributed by atoms with van der Waals surface area (Å²) in [6, 6.07) is 11.7. The van der Waals surface area contributed by atoms with Crippen molar-refractivity contribution < 1.29 is 4.79 Å². The van der Waals surface area contributed by atoms with Crippen molar-refractivity contribution in [2.24, 2.45) is 0 Å². The number of aromatic nitrogens is 3. The molecule has 1 aliphatic heterocycles. The highest BCUT2D eigenvalue weighted by Crippen LogP contribution is 2.31. The van der Waals surface area contributed by atoms with E-state index in [1.165, 1.54) is 22.2 Å². The lowest BCUT2D eigenvalue weighted by molar-refractivity contribution is 0.0951. The molecule has 1 aliphatic rings. The lowest BCUT2D eigenvalue weighted by atomic mass is 10.0. The summed E-state index contributed by atoms with van der Waals surface area (Å²) in [7, 11) is 0. The van der Waals surface area contributed by atoms with Gasteiger partial charge in [0, 0.05) is 60.1 Å². The number of nitrogen functional groups attached to an aromatic ring is 2. The van der Waals surface area contributed by atoms with Crippen molar-refractivity contribution in [1.82, 2.24) is 24.8 Å². The number of rotatable bonds is 5. The Morgan fingerprint density at radius 2 is 1.91 bits per heavy atom. The first-order valence-corrected chi connectivity index (χ1v) is 11.4. The van der Waals surface area contributed by atoms with Gasteiger partial charge in [-0.15, -0.1) is 0 Å². The number of hydrogen-bond donors (Lipinski definition) is 3. The third-order valence-electron chi connectivity index (χ3n) is 6.62. The Hall–Kier alpha value is -3.65. The number of benzene rings is 2. The van der Waals surface area contributed by atoms with Crippen LogP contribution in [0.25, 0.3) is 21.8 Å². The Morgan fingerprint density at radius 3 is 2.70 bits per heavy atom. The molecule has 0 unspecified atom stereocenters. The van der Waals surface area contributed by atoms with E-state index in [0.717, 1.165) is 43.5 Å². The smallest absolute Gasteiger partial charge is 0.251 e. The molecule has 8 nitrogen and oxygen atoms in total. The highest BCUT2D eigenvalue weighted by atomic mass is 16.1. The molecule has 4 aromatic rings. The maximum atomic E-state index is 13.0. The Labute approximate surface area is 192 Å². The van der Waals surface area contributed by atoms with Crippen LogP contribution in [0.5, 0.6) is 0 Å². The van der Waals surface area contributed by atoms with Gasteiger partial charge in [0.2, 0.25) is 5.95 Å². The summed E-state index contributed by atoms with van der Waals surface area (Å²) in [5.74, 6) is 0.389. The van der Waals surface area contributed by atoms with E-state index in [9.17, 15) is 4.79 Å². The number of aryl methyl sites for hydroxylation is 1. The normalized spacial score (nSPS) is 14.0. The van der Waals surface area contributed by atoms with E-state index in [1.807, 2.05) is 30.3 Å². The second-order valence-electron chi connectivity index (χ2n) is 8.52. The van der Waals surface area contributed by atoms with Crippen LogP contribution in [0.1, 0.15) is 41.0 Å². The molecule has 0 fully saturated rings. The zero-order valence-corrected chi connectivity index (χ0v) is 19.1. The highest BCUT2D eigenvalue weighted by Gasteiger charge is 2.23. The number of carbonyl (C=O) groups is 1. The van der Waals surface area contributed by atoms with Gasteiger partial charge < -0.3 is 21.4 Å². The minimum Gasteiger partial charge on any atom is -0.383 e. The van der Waals surface area contributed by atoms with Crippen molar-refractivity contribution in [2.45, 2.75) is 39.9 Å². The van der Waals surface area contributed by atoms with Crippen LogP contribution < -0.4 is 16.8 Å². The van der Waals surface area contributed by atoms with Crippen LogP contribution in [0.3, 0.4) is 0 Å². The van der Waals surface area contributed by atoms with E-state index in [1.54, 1.807) is 0 Å². The average Bonchev–Trinajstić information content (AvgIpc) is 3.14. The Kier molecular flexibility index (Phi) is 5.38. The number of amides is 1. The zero-order valence-electron chi connectivity index (χ0n) is 19.1. The molecule has 0 aliphatic carbocycles. The second kappa shape index (κ2) is 8.37. The largest absolute Gasteiger partial charge is 0.383 e. The molecule has 5 N–H and O–H groups in total. The number of anilines is 2. The van der Waals surface area contributed by atoms with E-state index in [0.29, 0.717) is 23.4 Å². The molecule has 0 saturated heterocycles. The number of nitrogens with zero attached hydrogens (tertiary/aromatic N) is 4. The van der Waals surface area contributed by atoms with Crippen LogP contribution in [-0.4, -0.2) is 38.4 Å². The van der Waals surface area contributed by atoms with Crippen molar-refractivity contribution in [3.05, 3.63) is 58.8 Å². The molecule has 0 bridgehead atoms. The number of fused-ring (bicyclic) bond motifs is 4. The van der Waals surface area contributed by atoms with Gasteiger partial charge in [-0.25, -0.2) is 4.98 Å². The summed E-state index contributed by atoms with van der Waals surface area (Å²) < 4.78 is 2.40. The first-order valence-electron chi connectivity index (χ1n) is 11.4. The Balaban J connectivity index is 1.40. The molecular formula is C25H29N7O. The predicted molar refractivity (Wildman–Crippen MR) is 132 cm³/mol. The number of carbonyl (C=O) groups excluding carboxylic acids is 1. The molecule has 2 aromatic heterocycles. The van der Waals surface area contributed by atoms with Gasteiger partial charge in [-0.1, -0.05) is 13.0 Å². The monoisotopic (exact) mass is 443 g/mol. The van der Waals surface area contributed by atoms with Gasteiger partial charge in [-0.05, 0) is 54.9 Å². The van der Waals surface area contributed by atoms with Crippen LogP contribution in [0, 0.1) is 0 Å². The molecule has 3 heterocycles. The fourth-order valence-corrected chi connectivity index (χ4v) is 4.89. The third-order valence-corrected chi connectivity index (χ3v) is 6.62. The fraction of sp³-hybridized carbons (Fsp3) is 0.320. The van der Waals surface area contributed by atoms with Crippen LogP contribution in [-0.2, 0) is 26.1 Å². The molecule has 33 heavy (non-hydrogen) atoms. The topological polar surface area (TPSA) is 115 Å². The van der Waals surface area contributed by atoms with Gasteiger partial charge in [0.05, 0.1) is 5.52 Å². The average molecular weight is 444 g/mol. The maximum Gasteiger partial charge on any atom is 0.251 e. The first kappa shape index (κ1) is 21.2. The summed E-state index contributed by atoms with van der Waals surface area (Å²) in [4.78, 5) is 23.7. The maximum absolute atomic E-state index is 13.0. The lowest BCUT2D eigenvalue weighted by Crippen LogP contribution is -2.30. The van der Waals surface area contributed by atoms with Crippen molar-refractivity contribution in [3.8, 4) is 0 Å². The van der Waals surface area contributed by atoms with E-state index >= 15 is 0 Å².